The SMILES string of the molecule is COc1cc2c(cc1OC(C)C)C(c1ccc(Cl)cc1)N(C1CCC(N(C)CC3CCNCC3)CC1)C(=O)C2. The van der Waals surface area contributed by atoms with Gasteiger partial charge in [0.05, 0.1) is 25.7 Å². The second-order valence-corrected chi connectivity index (χ2v) is 12.3. The van der Waals surface area contributed by atoms with E-state index in [4.69, 9.17) is 21.1 Å². The summed E-state index contributed by atoms with van der Waals surface area (Å²) in [4.78, 5) is 18.6. The van der Waals surface area contributed by atoms with Gasteiger partial charge in [-0.15, -0.1) is 0 Å². The maximum atomic E-state index is 13.9. The normalized spacial score (nSPS) is 24.2. The van der Waals surface area contributed by atoms with Crippen molar-refractivity contribution in [3.8, 4) is 11.5 Å². The highest BCUT2D eigenvalue weighted by Gasteiger charge is 2.40. The molecule has 2 fully saturated rings. The largest absolute Gasteiger partial charge is 0.493 e. The quantitative estimate of drug-likeness (QED) is 0.444. The monoisotopic (exact) mass is 553 g/mol. The second kappa shape index (κ2) is 12.5. The maximum Gasteiger partial charge on any atom is 0.228 e. The van der Waals surface area contributed by atoms with E-state index in [-0.39, 0.29) is 24.1 Å². The number of hydrogen-bond donors (Lipinski definition) is 1. The van der Waals surface area contributed by atoms with Crippen molar-refractivity contribution >= 4 is 17.5 Å². The molecule has 2 aromatic rings. The van der Waals surface area contributed by atoms with E-state index in [1.807, 2.05) is 32.0 Å². The van der Waals surface area contributed by atoms with Crippen LogP contribution in [0, 0.1) is 5.92 Å². The number of rotatable bonds is 8. The van der Waals surface area contributed by atoms with Gasteiger partial charge in [0.15, 0.2) is 11.5 Å². The van der Waals surface area contributed by atoms with E-state index < -0.39 is 0 Å². The summed E-state index contributed by atoms with van der Waals surface area (Å²) < 4.78 is 11.8. The molecule has 3 aliphatic rings. The van der Waals surface area contributed by atoms with Gasteiger partial charge in [0.25, 0.3) is 0 Å². The number of piperidine rings is 1. The Morgan fingerprint density at radius 2 is 1.72 bits per heavy atom. The molecular formula is C32H44ClN3O3. The molecule has 1 aliphatic carbocycles. The fourth-order valence-corrected chi connectivity index (χ4v) is 7.00. The minimum Gasteiger partial charge on any atom is -0.493 e. The van der Waals surface area contributed by atoms with E-state index in [0.717, 1.165) is 67.1 Å². The van der Waals surface area contributed by atoms with Gasteiger partial charge in [-0.1, -0.05) is 23.7 Å². The smallest absolute Gasteiger partial charge is 0.228 e. The number of amides is 1. The summed E-state index contributed by atoms with van der Waals surface area (Å²) in [6, 6.07) is 12.7. The van der Waals surface area contributed by atoms with Gasteiger partial charge in [-0.3, -0.25) is 4.79 Å². The van der Waals surface area contributed by atoms with Crippen molar-refractivity contribution in [2.24, 2.45) is 5.92 Å². The first kappa shape index (κ1) is 28.3. The molecule has 1 N–H and O–H groups in total. The van der Waals surface area contributed by atoms with E-state index in [9.17, 15) is 4.79 Å². The van der Waals surface area contributed by atoms with Gasteiger partial charge in [0, 0.05) is 23.7 Å². The molecule has 0 spiro atoms. The highest BCUT2D eigenvalue weighted by Crippen LogP contribution is 2.44. The highest BCUT2D eigenvalue weighted by atomic mass is 35.5. The summed E-state index contributed by atoms with van der Waals surface area (Å²) in [5, 5.41) is 4.18. The fourth-order valence-electron chi connectivity index (χ4n) is 6.88. The molecular weight excluding hydrogens is 510 g/mol. The molecule has 212 valence electrons. The van der Waals surface area contributed by atoms with Crippen molar-refractivity contribution in [3.05, 3.63) is 58.1 Å². The summed E-state index contributed by atoms with van der Waals surface area (Å²) >= 11 is 6.28. The van der Waals surface area contributed by atoms with Gasteiger partial charge in [-0.25, -0.2) is 0 Å². The lowest BCUT2D eigenvalue weighted by molar-refractivity contribution is -0.137. The Morgan fingerprint density at radius 1 is 1.03 bits per heavy atom. The van der Waals surface area contributed by atoms with Crippen LogP contribution < -0.4 is 14.8 Å². The molecule has 6 nitrogen and oxygen atoms in total. The topological polar surface area (TPSA) is 54.0 Å². The number of hydrogen-bond acceptors (Lipinski definition) is 5. The van der Waals surface area contributed by atoms with Gasteiger partial charge in [-0.05, 0) is 119 Å². The number of methoxy groups -OCH3 is 1. The zero-order valence-corrected chi connectivity index (χ0v) is 24.7. The predicted octanol–water partition coefficient (Wildman–Crippen LogP) is 5.85. The molecule has 1 saturated carbocycles. The van der Waals surface area contributed by atoms with E-state index in [2.05, 4.69) is 40.4 Å². The van der Waals surface area contributed by atoms with Crippen molar-refractivity contribution in [2.45, 2.75) is 83.0 Å². The van der Waals surface area contributed by atoms with E-state index in [1.165, 1.54) is 19.4 Å². The number of carbonyl (C=O) groups excluding carboxylic acids is 1. The van der Waals surface area contributed by atoms with E-state index >= 15 is 0 Å². The van der Waals surface area contributed by atoms with Crippen molar-refractivity contribution in [3.63, 3.8) is 0 Å². The number of fused-ring (bicyclic) bond motifs is 1. The molecule has 1 saturated heterocycles. The molecule has 39 heavy (non-hydrogen) atoms. The molecule has 0 aromatic heterocycles. The van der Waals surface area contributed by atoms with Crippen LogP contribution in [0.3, 0.4) is 0 Å². The zero-order chi connectivity index (χ0) is 27.5. The van der Waals surface area contributed by atoms with Gasteiger partial charge in [-0.2, -0.15) is 0 Å². The molecule has 1 atom stereocenters. The zero-order valence-electron chi connectivity index (χ0n) is 23.9. The third-order valence-electron chi connectivity index (χ3n) is 8.86. The Morgan fingerprint density at radius 3 is 2.36 bits per heavy atom. The van der Waals surface area contributed by atoms with Crippen LogP contribution >= 0.6 is 11.6 Å². The summed E-state index contributed by atoms with van der Waals surface area (Å²) in [5.74, 6) is 2.38. The number of nitrogens with one attached hydrogen (secondary N) is 1. The number of benzene rings is 2. The number of nitrogens with zero attached hydrogens (tertiary/aromatic N) is 2. The first-order valence-corrected chi connectivity index (χ1v) is 15.1. The van der Waals surface area contributed by atoms with Crippen molar-refractivity contribution in [1.82, 2.24) is 15.1 Å². The molecule has 7 heteroatoms. The molecule has 2 aliphatic heterocycles. The Bertz CT molecular complexity index is 1120. The van der Waals surface area contributed by atoms with Crippen LogP contribution in [-0.4, -0.2) is 67.7 Å². The summed E-state index contributed by atoms with van der Waals surface area (Å²) in [5.41, 5.74) is 3.22. The lowest BCUT2D eigenvalue weighted by Crippen LogP contribution is -2.50. The minimum atomic E-state index is -0.173. The summed E-state index contributed by atoms with van der Waals surface area (Å²) in [6.07, 6.45) is 7.25. The van der Waals surface area contributed by atoms with Crippen LogP contribution in [-0.2, 0) is 11.2 Å². The molecule has 1 amide bonds. The van der Waals surface area contributed by atoms with E-state index in [1.54, 1.807) is 7.11 Å². The average molecular weight is 554 g/mol. The Balaban J connectivity index is 1.40. The predicted molar refractivity (Wildman–Crippen MR) is 157 cm³/mol. The standard InChI is InChI=1S/C32H44ClN3O3/c1-21(2)39-30-19-28-24(17-29(30)38-4)18-31(37)36(32(28)23-5-7-25(33)8-6-23)27-11-9-26(10-12-27)35(3)20-22-13-15-34-16-14-22/h5-8,17,19,21-22,26-27,32,34H,9-16,18,20H2,1-4H3. The average Bonchev–Trinajstić information content (AvgIpc) is 2.93. The lowest BCUT2D eigenvalue weighted by atomic mass is 9.82. The third-order valence-corrected chi connectivity index (χ3v) is 9.12. The van der Waals surface area contributed by atoms with Gasteiger partial charge in [0.1, 0.15) is 0 Å². The van der Waals surface area contributed by atoms with Gasteiger partial charge in [0.2, 0.25) is 5.91 Å². The number of carbonyl (C=O) groups is 1. The first-order chi connectivity index (χ1) is 18.8. The Hall–Kier alpha value is -2.28. The molecule has 0 radical (unpaired) electrons. The van der Waals surface area contributed by atoms with Crippen molar-refractivity contribution in [2.75, 3.05) is 33.8 Å². The molecule has 0 bridgehead atoms. The first-order valence-electron chi connectivity index (χ1n) is 14.7. The van der Waals surface area contributed by atoms with Crippen molar-refractivity contribution in [1.29, 1.82) is 0 Å². The van der Waals surface area contributed by atoms with Crippen LogP contribution in [0.25, 0.3) is 0 Å². The Kier molecular flexibility index (Phi) is 9.05. The number of ether oxygens (including phenoxy) is 2. The summed E-state index contributed by atoms with van der Waals surface area (Å²) in [6.45, 7) is 7.51. The molecule has 1 unspecified atom stereocenters. The van der Waals surface area contributed by atoms with Crippen LogP contribution in [0.5, 0.6) is 11.5 Å². The summed E-state index contributed by atoms with van der Waals surface area (Å²) in [7, 11) is 3.96. The van der Waals surface area contributed by atoms with Crippen LogP contribution in [0.2, 0.25) is 5.02 Å². The second-order valence-electron chi connectivity index (χ2n) is 11.9. The molecule has 5 rings (SSSR count). The van der Waals surface area contributed by atoms with Crippen LogP contribution in [0.15, 0.2) is 36.4 Å². The van der Waals surface area contributed by atoms with Crippen LogP contribution in [0.4, 0.5) is 0 Å². The van der Waals surface area contributed by atoms with Gasteiger partial charge >= 0.3 is 0 Å². The van der Waals surface area contributed by atoms with E-state index in [0.29, 0.717) is 23.2 Å². The minimum absolute atomic E-state index is 0.0180. The maximum absolute atomic E-state index is 13.9. The number of halogens is 1. The van der Waals surface area contributed by atoms with Gasteiger partial charge < -0.3 is 24.6 Å². The Labute approximate surface area is 239 Å². The fraction of sp³-hybridized carbons (Fsp3) is 0.594. The third kappa shape index (κ3) is 6.39. The molecule has 2 heterocycles. The highest BCUT2D eigenvalue weighted by molar-refractivity contribution is 6.30. The van der Waals surface area contributed by atoms with Crippen LogP contribution in [0.1, 0.15) is 75.1 Å². The molecule has 2 aromatic carbocycles. The van der Waals surface area contributed by atoms with Crippen molar-refractivity contribution < 1.29 is 14.3 Å². The lowest BCUT2D eigenvalue weighted by Gasteiger charge is -2.46.